The van der Waals surface area contributed by atoms with Crippen molar-refractivity contribution >= 4 is 31.9 Å². The molecule has 0 bridgehead atoms. The van der Waals surface area contributed by atoms with Crippen molar-refractivity contribution in [3.8, 4) is 0 Å². The lowest BCUT2D eigenvalue weighted by molar-refractivity contribution is 0.539. The summed E-state index contributed by atoms with van der Waals surface area (Å²) in [6.07, 6.45) is 2.34. The van der Waals surface area contributed by atoms with Crippen LogP contribution >= 0.6 is 31.9 Å². The molecule has 1 unspecified atom stereocenters. The highest BCUT2D eigenvalue weighted by molar-refractivity contribution is 9.11. The SMILES string of the molecule is CCCC(NC)c1cc(Br)ccc1Br. The van der Waals surface area contributed by atoms with Gasteiger partial charge in [-0.1, -0.05) is 45.2 Å². The first-order valence-electron chi connectivity index (χ1n) is 4.81. The van der Waals surface area contributed by atoms with Crippen LogP contribution in [0.4, 0.5) is 0 Å². The van der Waals surface area contributed by atoms with Crippen molar-refractivity contribution in [1.29, 1.82) is 0 Å². The van der Waals surface area contributed by atoms with Crippen LogP contribution in [-0.2, 0) is 0 Å². The largest absolute Gasteiger partial charge is 0.313 e. The van der Waals surface area contributed by atoms with Gasteiger partial charge in [0.2, 0.25) is 0 Å². The van der Waals surface area contributed by atoms with Gasteiger partial charge in [0, 0.05) is 15.0 Å². The van der Waals surface area contributed by atoms with Crippen LogP contribution in [0.1, 0.15) is 31.4 Å². The minimum Gasteiger partial charge on any atom is -0.313 e. The summed E-state index contributed by atoms with van der Waals surface area (Å²) in [6.45, 7) is 2.20. The molecule has 0 aliphatic carbocycles. The fourth-order valence-electron chi connectivity index (χ4n) is 1.53. The molecular formula is C11H15Br2N. The molecule has 0 aliphatic rings. The van der Waals surface area contributed by atoms with Gasteiger partial charge in [-0.15, -0.1) is 0 Å². The first kappa shape index (κ1) is 12.2. The molecule has 1 rings (SSSR count). The van der Waals surface area contributed by atoms with E-state index in [-0.39, 0.29) is 0 Å². The van der Waals surface area contributed by atoms with Gasteiger partial charge >= 0.3 is 0 Å². The normalized spacial score (nSPS) is 12.9. The maximum Gasteiger partial charge on any atom is 0.0329 e. The van der Waals surface area contributed by atoms with Gasteiger partial charge in [-0.3, -0.25) is 0 Å². The summed E-state index contributed by atoms with van der Waals surface area (Å²) in [7, 11) is 2.01. The van der Waals surface area contributed by atoms with Crippen molar-refractivity contribution in [2.45, 2.75) is 25.8 Å². The third-order valence-corrected chi connectivity index (χ3v) is 3.47. The maximum atomic E-state index is 3.58. The summed E-state index contributed by atoms with van der Waals surface area (Å²) in [4.78, 5) is 0. The van der Waals surface area contributed by atoms with E-state index in [1.165, 1.54) is 16.5 Å². The van der Waals surface area contributed by atoms with Crippen molar-refractivity contribution in [3.63, 3.8) is 0 Å². The molecule has 0 spiro atoms. The lowest BCUT2D eigenvalue weighted by Crippen LogP contribution is -2.16. The topological polar surface area (TPSA) is 12.0 Å². The van der Waals surface area contributed by atoms with Crippen molar-refractivity contribution in [2.75, 3.05) is 7.05 Å². The Labute approximate surface area is 103 Å². The number of hydrogen-bond donors (Lipinski definition) is 1. The molecule has 0 saturated heterocycles. The summed E-state index contributed by atoms with van der Waals surface area (Å²) in [5.41, 5.74) is 1.32. The predicted molar refractivity (Wildman–Crippen MR) is 68.6 cm³/mol. The van der Waals surface area contributed by atoms with E-state index in [9.17, 15) is 0 Å². The van der Waals surface area contributed by atoms with Gasteiger partial charge in [-0.25, -0.2) is 0 Å². The fourth-order valence-corrected chi connectivity index (χ4v) is 2.43. The van der Waals surface area contributed by atoms with Crippen LogP contribution in [0.5, 0.6) is 0 Å². The number of rotatable bonds is 4. The Morgan fingerprint density at radius 2 is 2.07 bits per heavy atom. The average molecular weight is 321 g/mol. The second-order valence-electron chi connectivity index (χ2n) is 3.30. The molecule has 1 aromatic rings. The van der Waals surface area contributed by atoms with E-state index in [1.807, 2.05) is 13.1 Å². The van der Waals surface area contributed by atoms with Crippen LogP contribution in [0.2, 0.25) is 0 Å². The van der Waals surface area contributed by atoms with Crippen LogP contribution in [0, 0.1) is 0 Å². The molecule has 3 heteroatoms. The Balaban J connectivity index is 2.96. The minimum absolute atomic E-state index is 0.437. The second-order valence-corrected chi connectivity index (χ2v) is 5.07. The standard InChI is InChI=1S/C11H15Br2N/c1-3-4-11(14-2)9-7-8(12)5-6-10(9)13/h5-7,11,14H,3-4H2,1-2H3. The smallest absolute Gasteiger partial charge is 0.0329 e. The van der Waals surface area contributed by atoms with E-state index < -0.39 is 0 Å². The average Bonchev–Trinajstić information content (AvgIpc) is 2.18. The van der Waals surface area contributed by atoms with Gasteiger partial charge in [0.25, 0.3) is 0 Å². The van der Waals surface area contributed by atoms with Crippen molar-refractivity contribution in [3.05, 3.63) is 32.7 Å². The Bertz CT molecular complexity index is 299. The Kier molecular flexibility index (Phi) is 5.13. The fraction of sp³-hybridized carbons (Fsp3) is 0.455. The van der Waals surface area contributed by atoms with Crippen molar-refractivity contribution in [1.82, 2.24) is 5.32 Å². The summed E-state index contributed by atoms with van der Waals surface area (Å²) in [6, 6.07) is 6.74. The molecular weight excluding hydrogens is 306 g/mol. The van der Waals surface area contributed by atoms with Gasteiger partial charge in [-0.05, 0) is 37.2 Å². The molecule has 0 aliphatic heterocycles. The van der Waals surface area contributed by atoms with E-state index in [2.05, 4.69) is 56.2 Å². The predicted octanol–water partition coefficient (Wildman–Crippen LogP) is 4.27. The first-order chi connectivity index (χ1) is 6.69. The van der Waals surface area contributed by atoms with Crippen LogP contribution in [0.25, 0.3) is 0 Å². The van der Waals surface area contributed by atoms with Crippen LogP contribution < -0.4 is 5.32 Å². The van der Waals surface area contributed by atoms with E-state index in [4.69, 9.17) is 0 Å². The Morgan fingerprint density at radius 3 is 2.64 bits per heavy atom. The van der Waals surface area contributed by atoms with E-state index in [1.54, 1.807) is 0 Å². The molecule has 0 heterocycles. The number of halogens is 2. The third-order valence-electron chi connectivity index (χ3n) is 2.26. The molecule has 78 valence electrons. The number of nitrogens with one attached hydrogen (secondary N) is 1. The lowest BCUT2D eigenvalue weighted by atomic mass is 10.0. The maximum absolute atomic E-state index is 3.58. The molecule has 1 atom stereocenters. The highest BCUT2D eigenvalue weighted by Gasteiger charge is 2.11. The summed E-state index contributed by atoms with van der Waals surface area (Å²) < 4.78 is 2.31. The van der Waals surface area contributed by atoms with E-state index >= 15 is 0 Å². The zero-order chi connectivity index (χ0) is 10.6. The quantitative estimate of drug-likeness (QED) is 0.873. The molecule has 0 aromatic heterocycles. The minimum atomic E-state index is 0.437. The summed E-state index contributed by atoms with van der Waals surface area (Å²) in [5.74, 6) is 0. The van der Waals surface area contributed by atoms with E-state index in [0.717, 1.165) is 10.9 Å². The summed E-state index contributed by atoms with van der Waals surface area (Å²) in [5, 5.41) is 3.34. The lowest BCUT2D eigenvalue weighted by Gasteiger charge is -2.17. The monoisotopic (exact) mass is 319 g/mol. The third kappa shape index (κ3) is 3.07. The molecule has 1 aromatic carbocycles. The van der Waals surface area contributed by atoms with Gasteiger partial charge in [0.15, 0.2) is 0 Å². The highest BCUT2D eigenvalue weighted by Crippen LogP contribution is 2.29. The molecule has 1 nitrogen and oxygen atoms in total. The van der Waals surface area contributed by atoms with Gasteiger partial charge < -0.3 is 5.32 Å². The molecule has 0 fully saturated rings. The van der Waals surface area contributed by atoms with E-state index in [0.29, 0.717) is 6.04 Å². The zero-order valence-corrected chi connectivity index (χ0v) is 11.7. The molecule has 0 amide bonds. The molecule has 14 heavy (non-hydrogen) atoms. The molecule has 1 N–H and O–H groups in total. The Hall–Kier alpha value is 0.140. The first-order valence-corrected chi connectivity index (χ1v) is 6.39. The number of benzene rings is 1. The Morgan fingerprint density at radius 1 is 1.36 bits per heavy atom. The highest BCUT2D eigenvalue weighted by atomic mass is 79.9. The van der Waals surface area contributed by atoms with Gasteiger partial charge in [0.05, 0.1) is 0 Å². The van der Waals surface area contributed by atoms with Crippen LogP contribution in [0.15, 0.2) is 27.1 Å². The van der Waals surface area contributed by atoms with Crippen molar-refractivity contribution < 1.29 is 0 Å². The molecule has 0 radical (unpaired) electrons. The van der Waals surface area contributed by atoms with Gasteiger partial charge in [0.1, 0.15) is 0 Å². The number of hydrogen-bond acceptors (Lipinski definition) is 1. The second kappa shape index (κ2) is 5.89. The van der Waals surface area contributed by atoms with Crippen LogP contribution in [0.3, 0.4) is 0 Å². The molecule has 0 saturated carbocycles. The summed E-state index contributed by atoms with van der Waals surface area (Å²) >= 11 is 7.08. The van der Waals surface area contributed by atoms with Crippen molar-refractivity contribution in [2.24, 2.45) is 0 Å². The van der Waals surface area contributed by atoms with Gasteiger partial charge in [-0.2, -0.15) is 0 Å². The zero-order valence-electron chi connectivity index (χ0n) is 8.48. The van der Waals surface area contributed by atoms with Crippen LogP contribution in [-0.4, -0.2) is 7.05 Å².